The van der Waals surface area contributed by atoms with Gasteiger partial charge < -0.3 is 15.1 Å². The van der Waals surface area contributed by atoms with Crippen LogP contribution in [0.2, 0.25) is 0 Å². The molecule has 0 saturated carbocycles. The second-order valence-corrected chi connectivity index (χ2v) is 5.93. The van der Waals surface area contributed by atoms with E-state index in [9.17, 15) is 4.79 Å². The van der Waals surface area contributed by atoms with E-state index in [1.165, 1.54) is 0 Å². The zero-order chi connectivity index (χ0) is 15.5. The third-order valence-electron chi connectivity index (χ3n) is 4.16. The molecule has 1 saturated heterocycles. The van der Waals surface area contributed by atoms with Gasteiger partial charge in [0.05, 0.1) is 6.20 Å². The van der Waals surface area contributed by atoms with Gasteiger partial charge in [0.25, 0.3) is 0 Å². The van der Waals surface area contributed by atoms with Gasteiger partial charge in [0.2, 0.25) is 11.8 Å². The largest absolute Gasteiger partial charge is 0.445 e. The van der Waals surface area contributed by atoms with E-state index in [2.05, 4.69) is 22.5 Å². The van der Waals surface area contributed by atoms with Crippen molar-refractivity contribution in [3.8, 4) is 11.5 Å². The van der Waals surface area contributed by atoms with Crippen molar-refractivity contribution in [2.75, 3.05) is 11.9 Å². The van der Waals surface area contributed by atoms with Gasteiger partial charge in [-0.15, -0.1) is 0 Å². The highest BCUT2D eigenvalue weighted by atomic mass is 16.3. The molecule has 1 aliphatic heterocycles. The predicted octanol–water partition coefficient (Wildman–Crippen LogP) is 2.98. The number of nitrogens with one attached hydrogen (secondary N) is 2. The maximum Gasteiger partial charge on any atom is 0.227 e. The van der Waals surface area contributed by atoms with Crippen molar-refractivity contribution in [1.29, 1.82) is 0 Å². The molecule has 2 heterocycles. The zero-order valence-electron chi connectivity index (χ0n) is 12.9. The third kappa shape index (κ3) is 3.20. The molecule has 5 nitrogen and oxygen atoms in total. The molecular weight excluding hydrogens is 278 g/mol. The number of benzene rings is 1. The topological polar surface area (TPSA) is 67.2 Å². The Labute approximate surface area is 130 Å². The number of rotatable bonds is 3. The monoisotopic (exact) mass is 299 g/mol. The molecule has 0 spiro atoms. The molecule has 116 valence electrons. The van der Waals surface area contributed by atoms with Crippen LogP contribution in [0, 0.1) is 12.8 Å². The van der Waals surface area contributed by atoms with Crippen LogP contribution < -0.4 is 10.6 Å². The van der Waals surface area contributed by atoms with Crippen molar-refractivity contribution in [3.63, 3.8) is 0 Å². The summed E-state index contributed by atoms with van der Waals surface area (Å²) in [6.45, 7) is 5.01. The van der Waals surface area contributed by atoms with E-state index in [4.69, 9.17) is 4.42 Å². The normalized spacial score (nSPS) is 21.5. The number of nitrogens with zero attached hydrogens (tertiary/aromatic N) is 1. The number of aryl methyl sites for hydroxylation is 1. The summed E-state index contributed by atoms with van der Waals surface area (Å²) in [6, 6.07) is 6.21. The summed E-state index contributed by atoms with van der Waals surface area (Å²) >= 11 is 0. The molecule has 22 heavy (non-hydrogen) atoms. The first kappa shape index (κ1) is 14.8. The molecule has 1 aromatic heterocycles. The summed E-state index contributed by atoms with van der Waals surface area (Å²) in [7, 11) is 0. The van der Waals surface area contributed by atoms with Crippen molar-refractivity contribution in [3.05, 3.63) is 36.2 Å². The Hall–Kier alpha value is -2.14. The molecule has 1 fully saturated rings. The first-order chi connectivity index (χ1) is 10.6. The molecule has 3 rings (SSSR count). The van der Waals surface area contributed by atoms with Crippen LogP contribution >= 0.6 is 0 Å². The summed E-state index contributed by atoms with van der Waals surface area (Å²) in [5.41, 5.74) is 2.76. The van der Waals surface area contributed by atoms with E-state index >= 15 is 0 Å². The van der Waals surface area contributed by atoms with Crippen molar-refractivity contribution in [2.24, 2.45) is 5.92 Å². The molecule has 1 aliphatic rings. The number of carbonyl (C=O) groups excluding carboxylic acids is 1. The van der Waals surface area contributed by atoms with Crippen LogP contribution in [0.4, 0.5) is 5.69 Å². The SMILES string of the molecule is Cc1ccc(NC(=O)[C@H]2CCN[C@@H](C)C2)cc1-c1ncco1. The molecule has 5 heteroatoms. The molecule has 2 aromatic rings. The minimum absolute atomic E-state index is 0.0720. The predicted molar refractivity (Wildman–Crippen MR) is 85.5 cm³/mol. The van der Waals surface area contributed by atoms with Gasteiger partial charge >= 0.3 is 0 Å². The number of hydrogen-bond donors (Lipinski definition) is 2. The molecule has 1 amide bonds. The molecule has 0 unspecified atom stereocenters. The second-order valence-electron chi connectivity index (χ2n) is 5.93. The summed E-state index contributed by atoms with van der Waals surface area (Å²) < 4.78 is 5.36. The van der Waals surface area contributed by atoms with Crippen molar-refractivity contribution < 1.29 is 9.21 Å². The highest BCUT2D eigenvalue weighted by molar-refractivity contribution is 5.93. The van der Waals surface area contributed by atoms with E-state index in [-0.39, 0.29) is 11.8 Å². The van der Waals surface area contributed by atoms with Crippen LogP contribution in [0.1, 0.15) is 25.3 Å². The van der Waals surface area contributed by atoms with Crippen LogP contribution in [0.15, 0.2) is 35.1 Å². The molecular formula is C17H21N3O2. The van der Waals surface area contributed by atoms with Crippen LogP contribution in [-0.4, -0.2) is 23.5 Å². The summed E-state index contributed by atoms with van der Waals surface area (Å²) in [4.78, 5) is 16.6. The first-order valence-electron chi connectivity index (χ1n) is 7.68. The maximum absolute atomic E-state index is 12.4. The van der Waals surface area contributed by atoms with Gasteiger partial charge in [0.15, 0.2) is 0 Å². The van der Waals surface area contributed by atoms with Crippen molar-refractivity contribution in [1.82, 2.24) is 10.3 Å². The Balaban J connectivity index is 1.75. The lowest BCUT2D eigenvalue weighted by atomic mass is 9.92. The molecule has 2 N–H and O–H groups in total. The second kappa shape index (κ2) is 6.32. The van der Waals surface area contributed by atoms with Gasteiger partial charge in [0, 0.05) is 23.2 Å². The molecule has 0 aliphatic carbocycles. The van der Waals surface area contributed by atoms with Gasteiger partial charge in [-0.3, -0.25) is 4.79 Å². The highest BCUT2D eigenvalue weighted by Gasteiger charge is 2.24. The fourth-order valence-electron chi connectivity index (χ4n) is 2.90. The number of amides is 1. The Kier molecular flexibility index (Phi) is 4.24. The molecule has 1 aromatic carbocycles. The van der Waals surface area contributed by atoms with Crippen molar-refractivity contribution >= 4 is 11.6 Å². The molecule has 0 radical (unpaired) electrons. The first-order valence-corrected chi connectivity index (χ1v) is 7.68. The van der Waals surface area contributed by atoms with Gasteiger partial charge in [-0.25, -0.2) is 4.98 Å². The fraction of sp³-hybridized carbons (Fsp3) is 0.412. The molecule has 0 bridgehead atoms. The fourth-order valence-corrected chi connectivity index (χ4v) is 2.90. The van der Waals surface area contributed by atoms with Gasteiger partial charge in [-0.05, 0) is 50.9 Å². The Morgan fingerprint density at radius 1 is 1.45 bits per heavy atom. The van der Waals surface area contributed by atoms with Crippen LogP contribution in [0.25, 0.3) is 11.5 Å². The average molecular weight is 299 g/mol. The number of piperidine rings is 1. The number of aromatic nitrogens is 1. The number of oxazole rings is 1. The quantitative estimate of drug-likeness (QED) is 0.914. The smallest absolute Gasteiger partial charge is 0.227 e. The third-order valence-corrected chi connectivity index (χ3v) is 4.16. The van der Waals surface area contributed by atoms with Crippen LogP contribution in [0.3, 0.4) is 0 Å². The lowest BCUT2D eigenvalue weighted by Gasteiger charge is -2.27. The standard InChI is InChI=1S/C17H21N3O2/c1-11-3-4-14(10-15(11)17-19-7-8-22-17)20-16(21)13-5-6-18-12(2)9-13/h3-4,7-8,10,12-13,18H,5-6,9H2,1-2H3,(H,20,21)/t12-,13-/m0/s1. The van der Waals surface area contributed by atoms with E-state index in [0.717, 1.165) is 36.2 Å². The summed E-state index contributed by atoms with van der Waals surface area (Å²) in [5, 5.41) is 6.39. The van der Waals surface area contributed by atoms with Gasteiger partial charge in [-0.2, -0.15) is 0 Å². The van der Waals surface area contributed by atoms with E-state index in [0.29, 0.717) is 11.9 Å². The maximum atomic E-state index is 12.4. The Bertz CT molecular complexity index is 652. The highest BCUT2D eigenvalue weighted by Crippen LogP contribution is 2.26. The number of anilines is 1. The Morgan fingerprint density at radius 2 is 2.32 bits per heavy atom. The lowest BCUT2D eigenvalue weighted by Crippen LogP contribution is -2.40. The van der Waals surface area contributed by atoms with Crippen LogP contribution in [-0.2, 0) is 4.79 Å². The van der Waals surface area contributed by atoms with E-state index in [1.54, 1.807) is 12.5 Å². The summed E-state index contributed by atoms with van der Waals surface area (Å²) in [6.07, 6.45) is 4.94. The molecule has 2 atom stereocenters. The van der Waals surface area contributed by atoms with Crippen molar-refractivity contribution in [2.45, 2.75) is 32.7 Å². The summed E-state index contributed by atoms with van der Waals surface area (Å²) in [5.74, 6) is 0.738. The number of carbonyl (C=O) groups is 1. The van der Waals surface area contributed by atoms with Gasteiger partial charge in [-0.1, -0.05) is 6.07 Å². The minimum Gasteiger partial charge on any atom is -0.445 e. The lowest BCUT2D eigenvalue weighted by molar-refractivity contribution is -0.120. The number of hydrogen-bond acceptors (Lipinski definition) is 4. The Morgan fingerprint density at radius 3 is 3.05 bits per heavy atom. The zero-order valence-corrected chi connectivity index (χ0v) is 12.9. The average Bonchev–Trinajstić information content (AvgIpc) is 3.03. The van der Waals surface area contributed by atoms with Crippen LogP contribution in [0.5, 0.6) is 0 Å². The van der Waals surface area contributed by atoms with Gasteiger partial charge in [0.1, 0.15) is 6.26 Å². The van der Waals surface area contributed by atoms with E-state index in [1.807, 2.05) is 25.1 Å². The minimum atomic E-state index is 0.0720. The van der Waals surface area contributed by atoms with E-state index < -0.39 is 0 Å².